The van der Waals surface area contributed by atoms with Crippen LogP contribution in [0, 0.1) is 5.92 Å². The Balaban J connectivity index is 2.33. The van der Waals surface area contributed by atoms with Crippen LogP contribution in [-0.2, 0) is 4.74 Å². The van der Waals surface area contributed by atoms with Crippen LogP contribution in [0.5, 0.6) is 6.01 Å². The first kappa shape index (κ1) is 13.4. The number of aromatic nitrogens is 3. The molecule has 0 radical (unpaired) electrons. The summed E-state index contributed by atoms with van der Waals surface area (Å²) in [7, 11) is 1.48. The van der Waals surface area contributed by atoms with Crippen molar-refractivity contribution in [1.29, 1.82) is 0 Å². The SMILES string of the molecule is COc1nc(N)nc(NCCOCC(C)C)n1. The summed E-state index contributed by atoms with van der Waals surface area (Å²) < 4.78 is 10.3. The molecule has 1 heterocycles. The van der Waals surface area contributed by atoms with Gasteiger partial charge < -0.3 is 20.5 Å². The molecule has 0 aliphatic rings. The van der Waals surface area contributed by atoms with Crippen molar-refractivity contribution in [2.75, 3.05) is 37.9 Å². The van der Waals surface area contributed by atoms with Crippen molar-refractivity contribution >= 4 is 11.9 Å². The van der Waals surface area contributed by atoms with Gasteiger partial charge in [0.15, 0.2) is 0 Å². The molecule has 1 aromatic heterocycles. The van der Waals surface area contributed by atoms with Crippen LogP contribution in [-0.4, -0.2) is 41.8 Å². The number of ether oxygens (including phenoxy) is 2. The maximum atomic E-state index is 5.49. The minimum Gasteiger partial charge on any atom is -0.467 e. The standard InChI is InChI=1S/C10H19N5O2/c1-7(2)6-17-5-4-12-9-13-8(11)14-10(15-9)16-3/h7H,4-6H2,1-3H3,(H3,11,12,13,14,15). The van der Waals surface area contributed by atoms with Crippen LogP contribution in [0.3, 0.4) is 0 Å². The molecule has 0 saturated carbocycles. The molecule has 0 saturated heterocycles. The summed E-state index contributed by atoms with van der Waals surface area (Å²) >= 11 is 0. The lowest BCUT2D eigenvalue weighted by Crippen LogP contribution is -2.14. The van der Waals surface area contributed by atoms with E-state index in [0.717, 1.165) is 6.61 Å². The number of nitrogens with zero attached hydrogens (tertiary/aromatic N) is 3. The van der Waals surface area contributed by atoms with E-state index < -0.39 is 0 Å². The van der Waals surface area contributed by atoms with Crippen molar-refractivity contribution < 1.29 is 9.47 Å². The fourth-order valence-electron chi connectivity index (χ4n) is 1.10. The molecule has 1 rings (SSSR count). The highest BCUT2D eigenvalue weighted by Crippen LogP contribution is 2.07. The van der Waals surface area contributed by atoms with E-state index in [9.17, 15) is 0 Å². The number of rotatable bonds is 7. The fourth-order valence-corrected chi connectivity index (χ4v) is 1.10. The molecule has 0 bridgehead atoms. The second kappa shape index (κ2) is 6.85. The van der Waals surface area contributed by atoms with Gasteiger partial charge in [-0.15, -0.1) is 0 Å². The largest absolute Gasteiger partial charge is 0.467 e. The first-order valence-electron chi connectivity index (χ1n) is 5.49. The second-order valence-electron chi connectivity index (χ2n) is 3.90. The molecule has 0 fully saturated rings. The zero-order chi connectivity index (χ0) is 12.7. The van der Waals surface area contributed by atoms with Gasteiger partial charge in [-0.05, 0) is 5.92 Å². The molecular weight excluding hydrogens is 222 g/mol. The normalized spacial score (nSPS) is 10.6. The average molecular weight is 241 g/mol. The quantitative estimate of drug-likeness (QED) is 0.673. The van der Waals surface area contributed by atoms with E-state index in [-0.39, 0.29) is 12.0 Å². The number of nitrogen functional groups attached to an aromatic ring is 1. The van der Waals surface area contributed by atoms with Gasteiger partial charge in [0.2, 0.25) is 11.9 Å². The second-order valence-corrected chi connectivity index (χ2v) is 3.90. The van der Waals surface area contributed by atoms with Crippen LogP contribution in [0.1, 0.15) is 13.8 Å². The zero-order valence-corrected chi connectivity index (χ0v) is 10.4. The van der Waals surface area contributed by atoms with Gasteiger partial charge in [0, 0.05) is 13.2 Å². The molecule has 0 amide bonds. The summed E-state index contributed by atoms with van der Waals surface area (Å²) in [5.74, 6) is 1.05. The molecule has 0 unspecified atom stereocenters. The van der Waals surface area contributed by atoms with Crippen molar-refractivity contribution in [2.45, 2.75) is 13.8 Å². The maximum absolute atomic E-state index is 5.49. The van der Waals surface area contributed by atoms with Crippen molar-refractivity contribution in [1.82, 2.24) is 15.0 Å². The van der Waals surface area contributed by atoms with Gasteiger partial charge in [0.25, 0.3) is 0 Å². The molecule has 7 nitrogen and oxygen atoms in total. The van der Waals surface area contributed by atoms with Gasteiger partial charge >= 0.3 is 6.01 Å². The number of methoxy groups -OCH3 is 1. The summed E-state index contributed by atoms with van der Waals surface area (Å²) in [6.07, 6.45) is 0. The zero-order valence-electron chi connectivity index (χ0n) is 10.4. The molecule has 17 heavy (non-hydrogen) atoms. The number of nitrogens with two attached hydrogens (primary N) is 1. The lowest BCUT2D eigenvalue weighted by Gasteiger charge is -2.08. The van der Waals surface area contributed by atoms with E-state index in [1.54, 1.807) is 0 Å². The van der Waals surface area contributed by atoms with Crippen molar-refractivity contribution in [3.63, 3.8) is 0 Å². The van der Waals surface area contributed by atoms with Crippen LogP contribution < -0.4 is 15.8 Å². The topological polar surface area (TPSA) is 95.2 Å². The molecule has 0 aliphatic carbocycles. The summed E-state index contributed by atoms with van der Waals surface area (Å²) in [5, 5.41) is 2.99. The summed E-state index contributed by atoms with van der Waals surface area (Å²) in [4.78, 5) is 11.7. The van der Waals surface area contributed by atoms with Crippen LogP contribution in [0.15, 0.2) is 0 Å². The van der Waals surface area contributed by atoms with E-state index in [1.807, 2.05) is 0 Å². The predicted molar refractivity (Wildman–Crippen MR) is 64.9 cm³/mol. The Kier molecular flexibility index (Phi) is 5.41. The van der Waals surface area contributed by atoms with Gasteiger partial charge in [-0.2, -0.15) is 15.0 Å². The van der Waals surface area contributed by atoms with E-state index in [2.05, 4.69) is 34.1 Å². The van der Waals surface area contributed by atoms with Crippen LogP contribution in [0.2, 0.25) is 0 Å². The Morgan fingerprint density at radius 2 is 2.06 bits per heavy atom. The van der Waals surface area contributed by atoms with E-state index in [1.165, 1.54) is 7.11 Å². The highest BCUT2D eigenvalue weighted by molar-refractivity contribution is 5.32. The van der Waals surface area contributed by atoms with Crippen molar-refractivity contribution in [3.8, 4) is 6.01 Å². The van der Waals surface area contributed by atoms with Gasteiger partial charge in [-0.3, -0.25) is 0 Å². The van der Waals surface area contributed by atoms with Gasteiger partial charge in [-0.25, -0.2) is 0 Å². The third-order valence-corrected chi connectivity index (χ3v) is 1.80. The Labute approximate surface area is 101 Å². The van der Waals surface area contributed by atoms with Crippen molar-refractivity contribution in [2.24, 2.45) is 5.92 Å². The Morgan fingerprint density at radius 1 is 1.29 bits per heavy atom. The third kappa shape index (κ3) is 5.30. The van der Waals surface area contributed by atoms with Gasteiger partial charge in [0.1, 0.15) is 0 Å². The number of hydrogen-bond donors (Lipinski definition) is 2. The summed E-state index contributed by atoms with van der Waals surface area (Å²) in [6.45, 7) is 6.14. The van der Waals surface area contributed by atoms with Crippen LogP contribution in [0.4, 0.5) is 11.9 Å². The molecule has 0 aliphatic heterocycles. The maximum Gasteiger partial charge on any atom is 0.322 e. The van der Waals surface area contributed by atoms with E-state index in [0.29, 0.717) is 25.0 Å². The fraction of sp³-hybridized carbons (Fsp3) is 0.700. The molecule has 96 valence electrons. The molecule has 1 aromatic rings. The number of hydrogen-bond acceptors (Lipinski definition) is 7. The Hall–Kier alpha value is -1.63. The lowest BCUT2D eigenvalue weighted by atomic mass is 10.2. The predicted octanol–water partition coefficient (Wildman–Crippen LogP) is 0.547. The molecule has 3 N–H and O–H groups in total. The third-order valence-electron chi connectivity index (χ3n) is 1.80. The Bertz CT molecular complexity index is 345. The average Bonchev–Trinajstić information content (AvgIpc) is 2.27. The summed E-state index contributed by atoms with van der Waals surface area (Å²) in [5.41, 5.74) is 5.49. The van der Waals surface area contributed by atoms with E-state index in [4.69, 9.17) is 15.2 Å². The number of anilines is 2. The van der Waals surface area contributed by atoms with Crippen LogP contribution in [0.25, 0.3) is 0 Å². The first-order valence-corrected chi connectivity index (χ1v) is 5.49. The highest BCUT2D eigenvalue weighted by Gasteiger charge is 2.03. The Morgan fingerprint density at radius 3 is 2.71 bits per heavy atom. The lowest BCUT2D eigenvalue weighted by molar-refractivity contribution is 0.118. The minimum atomic E-state index is 0.127. The molecule has 0 atom stereocenters. The van der Waals surface area contributed by atoms with Crippen molar-refractivity contribution in [3.05, 3.63) is 0 Å². The molecule has 0 spiro atoms. The highest BCUT2D eigenvalue weighted by atomic mass is 16.5. The van der Waals surface area contributed by atoms with E-state index >= 15 is 0 Å². The molecule has 7 heteroatoms. The monoisotopic (exact) mass is 241 g/mol. The minimum absolute atomic E-state index is 0.127. The molecule has 0 aromatic carbocycles. The van der Waals surface area contributed by atoms with Gasteiger partial charge in [-0.1, -0.05) is 13.8 Å². The first-order chi connectivity index (χ1) is 8.11. The molecular formula is C10H19N5O2. The number of nitrogens with one attached hydrogen (secondary N) is 1. The summed E-state index contributed by atoms with van der Waals surface area (Å²) in [6, 6.07) is 0.197. The van der Waals surface area contributed by atoms with Gasteiger partial charge in [0.05, 0.1) is 13.7 Å². The smallest absolute Gasteiger partial charge is 0.322 e. The van der Waals surface area contributed by atoms with Crippen LogP contribution >= 0.6 is 0 Å².